The summed E-state index contributed by atoms with van der Waals surface area (Å²) < 4.78 is 9.90. The highest BCUT2D eigenvalue weighted by molar-refractivity contribution is 7.80. The van der Waals surface area contributed by atoms with Crippen molar-refractivity contribution < 1.29 is 29.0 Å². The molecule has 0 saturated carbocycles. The Hall–Kier alpha value is -2.95. The molecule has 0 aliphatic rings. The Bertz CT molecular complexity index is 650. The van der Waals surface area contributed by atoms with E-state index in [-0.39, 0.29) is 48.0 Å². The van der Waals surface area contributed by atoms with Crippen molar-refractivity contribution in [3.63, 3.8) is 0 Å². The van der Waals surface area contributed by atoms with Crippen LogP contribution in [-0.2, 0) is 14.4 Å². The molecule has 0 unspecified atom stereocenters. The molecule has 0 radical (unpaired) electrons. The number of benzene rings is 1. The third kappa shape index (κ3) is 6.87. The van der Waals surface area contributed by atoms with E-state index in [0.717, 1.165) is 0 Å². The number of hydrogen-bond donors (Lipinski definition) is 2. The minimum absolute atomic E-state index is 0.0110. The van der Waals surface area contributed by atoms with Gasteiger partial charge in [0.1, 0.15) is 22.9 Å². The number of esters is 2. The summed E-state index contributed by atoms with van der Waals surface area (Å²) in [6.07, 6.45) is -0.0760. The standard InChI is InChI=1S/C13H15N3O7S/c14-8-3-4-9(13(18)21-7-11(15)24)10(6-8)23-12(17)2-1-5-22-16(19)20/h3-4,6H,1-2,5,7,14H2,(H2,15,24). The predicted molar refractivity (Wildman–Crippen MR) is 85.7 cm³/mol. The first kappa shape index (κ1) is 19.1. The van der Waals surface area contributed by atoms with Crippen LogP contribution in [0.5, 0.6) is 5.75 Å². The van der Waals surface area contributed by atoms with Crippen molar-refractivity contribution in [2.45, 2.75) is 12.8 Å². The smallest absolute Gasteiger partial charge is 0.342 e. The molecular formula is C13H15N3O7S. The van der Waals surface area contributed by atoms with Crippen LogP contribution in [0.2, 0.25) is 0 Å². The lowest BCUT2D eigenvalue weighted by molar-refractivity contribution is -0.757. The van der Waals surface area contributed by atoms with E-state index in [1.54, 1.807) is 0 Å². The van der Waals surface area contributed by atoms with E-state index < -0.39 is 17.0 Å². The Balaban J connectivity index is 2.70. The van der Waals surface area contributed by atoms with Gasteiger partial charge in [0.25, 0.3) is 5.09 Å². The first-order valence-electron chi connectivity index (χ1n) is 6.62. The Labute approximate surface area is 141 Å². The zero-order valence-electron chi connectivity index (χ0n) is 12.4. The van der Waals surface area contributed by atoms with Gasteiger partial charge in [0.15, 0.2) is 0 Å². The Morgan fingerprint density at radius 2 is 2.04 bits per heavy atom. The monoisotopic (exact) mass is 357 g/mol. The molecule has 10 nitrogen and oxygen atoms in total. The lowest BCUT2D eigenvalue weighted by Gasteiger charge is -2.10. The van der Waals surface area contributed by atoms with Crippen LogP contribution in [0, 0.1) is 10.1 Å². The van der Waals surface area contributed by atoms with Gasteiger partial charge in [0.2, 0.25) is 0 Å². The number of nitrogens with zero attached hydrogens (tertiary/aromatic N) is 1. The molecule has 11 heteroatoms. The van der Waals surface area contributed by atoms with Crippen molar-refractivity contribution >= 4 is 34.8 Å². The maximum Gasteiger partial charge on any atom is 0.342 e. The molecule has 130 valence electrons. The summed E-state index contributed by atoms with van der Waals surface area (Å²) >= 11 is 4.60. The molecule has 24 heavy (non-hydrogen) atoms. The van der Waals surface area contributed by atoms with E-state index >= 15 is 0 Å². The summed E-state index contributed by atoms with van der Waals surface area (Å²) in [5, 5.41) is 9.03. The van der Waals surface area contributed by atoms with Gasteiger partial charge in [-0.25, -0.2) is 4.79 Å². The fourth-order valence-corrected chi connectivity index (χ4v) is 1.59. The Morgan fingerprint density at radius 3 is 2.67 bits per heavy atom. The average Bonchev–Trinajstić information content (AvgIpc) is 2.49. The van der Waals surface area contributed by atoms with E-state index in [4.69, 9.17) is 20.9 Å². The van der Waals surface area contributed by atoms with Crippen molar-refractivity contribution in [2.75, 3.05) is 18.9 Å². The number of carbonyl (C=O) groups excluding carboxylic acids is 2. The van der Waals surface area contributed by atoms with Crippen LogP contribution in [0.3, 0.4) is 0 Å². The lowest BCUT2D eigenvalue weighted by atomic mass is 10.2. The van der Waals surface area contributed by atoms with Gasteiger partial charge < -0.3 is 25.8 Å². The second-order valence-corrected chi connectivity index (χ2v) is 4.96. The molecule has 0 bridgehead atoms. The van der Waals surface area contributed by atoms with Crippen molar-refractivity contribution in [1.29, 1.82) is 0 Å². The number of nitrogen functional groups attached to an aromatic ring is 1. The number of thiocarbonyl (C=S) groups is 1. The second-order valence-electron chi connectivity index (χ2n) is 4.43. The van der Waals surface area contributed by atoms with Crippen molar-refractivity contribution in [2.24, 2.45) is 5.73 Å². The van der Waals surface area contributed by atoms with Crippen LogP contribution in [0.4, 0.5) is 5.69 Å². The van der Waals surface area contributed by atoms with E-state index in [1.807, 2.05) is 0 Å². The molecule has 0 fully saturated rings. The van der Waals surface area contributed by atoms with Gasteiger partial charge in [-0.15, -0.1) is 10.1 Å². The molecule has 0 aliphatic carbocycles. The third-order valence-electron chi connectivity index (χ3n) is 2.52. The molecule has 1 aromatic carbocycles. The summed E-state index contributed by atoms with van der Waals surface area (Å²) in [6.45, 7) is -0.508. The highest BCUT2D eigenvalue weighted by Gasteiger charge is 2.17. The van der Waals surface area contributed by atoms with Crippen LogP contribution in [0.1, 0.15) is 23.2 Å². The Kier molecular flexibility index (Phi) is 7.36. The Morgan fingerprint density at radius 1 is 1.33 bits per heavy atom. The second kappa shape index (κ2) is 9.25. The highest BCUT2D eigenvalue weighted by Crippen LogP contribution is 2.23. The third-order valence-corrected chi connectivity index (χ3v) is 2.63. The van der Waals surface area contributed by atoms with Crippen LogP contribution in [0.25, 0.3) is 0 Å². The van der Waals surface area contributed by atoms with Crippen molar-refractivity contribution in [3.8, 4) is 5.75 Å². The van der Waals surface area contributed by atoms with Crippen LogP contribution < -0.4 is 16.2 Å². The summed E-state index contributed by atoms with van der Waals surface area (Å²) in [5.74, 6) is -1.60. The predicted octanol–water partition coefficient (Wildman–Crippen LogP) is 0.606. The molecule has 0 aromatic heterocycles. The average molecular weight is 357 g/mol. The van der Waals surface area contributed by atoms with Crippen molar-refractivity contribution in [1.82, 2.24) is 0 Å². The quantitative estimate of drug-likeness (QED) is 0.122. The summed E-state index contributed by atoms with van der Waals surface area (Å²) in [4.78, 5) is 37.7. The number of hydrogen-bond acceptors (Lipinski definition) is 9. The molecular weight excluding hydrogens is 342 g/mol. The highest BCUT2D eigenvalue weighted by atomic mass is 32.1. The van der Waals surface area contributed by atoms with Gasteiger partial charge in [-0.3, -0.25) is 4.79 Å². The fraction of sp³-hybridized carbons (Fsp3) is 0.308. The topological polar surface area (TPSA) is 157 Å². The van der Waals surface area contributed by atoms with Crippen molar-refractivity contribution in [3.05, 3.63) is 33.9 Å². The van der Waals surface area contributed by atoms with E-state index in [9.17, 15) is 19.7 Å². The maximum absolute atomic E-state index is 11.9. The SMILES string of the molecule is NC(=S)COC(=O)c1ccc(N)cc1OC(=O)CCCO[N+](=O)[O-]. The van der Waals surface area contributed by atoms with Crippen LogP contribution in [-0.4, -0.2) is 35.2 Å². The molecule has 1 rings (SSSR count). The first-order chi connectivity index (χ1) is 11.3. The minimum Gasteiger partial charge on any atom is -0.455 e. The first-order valence-corrected chi connectivity index (χ1v) is 7.03. The molecule has 0 aliphatic heterocycles. The number of nitrogens with two attached hydrogens (primary N) is 2. The molecule has 0 spiro atoms. The maximum atomic E-state index is 11.9. The normalized spacial score (nSPS) is 9.83. The molecule has 1 aromatic rings. The van der Waals surface area contributed by atoms with Gasteiger partial charge in [0.05, 0.1) is 6.61 Å². The fourth-order valence-electron chi connectivity index (χ4n) is 1.54. The molecule has 0 saturated heterocycles. The van der Waals surface area contributed by atoms with Gasteiger partial charge in [0, 0.05) is 18.2 Å². The molecule has 0 atom stereocenters. The van der Waals surface area contributed by atoms with Gasteiger partial charge >= 0.3 is 11.9 Å². The van der Waals surface area contributed by atoms with Crippen LogP contribution >= 0.6 is 12.2 Å². The zero-order valence-corrected chi connectivity index (χ0v) is 13.2. The molecule has 0 amide bonds. The summed E-state index contributed by atoms with van der Waals surface area (Å²) in [6, 6.07) is 4.04. The minimum atomic E-state index is -0.959. The summed E-state index contributed by atoms with van der Waals surface area (Å²) in [7, 11) is 0. The molecule has 4 N–H and O–H groups in total. The zero-order chi connectivity index (χ0) is 18.1. The van der Waals surface area contributed by atoms with Crippen LogP contribution in [0.15, 0.2) is 18.2 Å². The molecule has 0 heterocycles. The summed E-state index contributed by atoms with van der Waals surface area (Å²) in [5.41, 5.74) is 11.1. The van der Waals surface area contributed by atoms with E-state index in [1.165, 1.54) is 18.2 Å². The number of ether oxygens (including phenoxy) is 2. The largest absolute Gasteiger partial charge is 0.455 e. The number of carbonyl (C=O) groups is 2. The van der Waals surface area contributed by atoms with E-state index in [2.05, 4.69) is 17.1 Å². The number of rotatable bonds is 9. The van der Waals surface area contributed by atoms with E-state index in [0.29, 0.717) is 0 Å². The van der Waals surface area contributed by atoms with Gasteiger partial charge in [-0.2, -0.15) is 0 Å². The number of anilines is 1. The van der Waals surface area contributed by atoms with Gasteiger partial charge in [-0.1, -0.05) is 12.2 Å². The van der Waals surface area contributed by atoms with Gasteiger partial charge in [-0.05, 0) is 18.6 Å². The lowest BCUT2D eigenvalue weighted by Crippen LogP contribution is -2.20.